The summed E-state index contributed by atoms with van der Waals surface area (Å²) in [4.78, 5) is 35.8. The average Bonchev–Trinajstić information content (AvgIpc) is 3.92. The lowest BCUT2D eigenvalue weighted by atomic mass is 9.92. The molecule has 0 bridgehead atoms. The Hall–Kier alpha value is -4.72. The van der Waals surface area contributed by atoms with Crippen LogP contribution in [0.15, 0.2) is 83.6 Å². The molecule has 5 heterocycles. The molecule has 8 nitrogen and oxygen atoms in total. The van der Waals surface area contributed by atoms with Crippen LogP contribution >= 0.6 is 0 Å². The summed E-state index contributed by atoms with van der Waals surface area (Å²) in [5.74, 6) is 1.35. The van der Waals surface area contributed by atoms with Gasteiger partial charge in [-0.05, 0) is 60.4 Å². The molecule has 2 atom stereocenters. The first-order chi connectivity index (χ1) is 19.7. The van der Waals surface area contributed by atoms with Gasteiger partial charge in [-0.3, -0.25) is 24.7 Å². The van der Waals surface area contributed by atoms with Gasteiger partial charge in [0.1, 0.15) is 0 Å². The molecule has 1 unspecified atom stereocenters. The quantitative estimate of drug-likeness (QED) is 0.350. The second kappa shape index (κ2) is 9.19. The van der Waals surface area contributed by atoms with E-state index >= 15 is 0 Å². The molecule has 4 aliphatic rings. The third kappa shape index (κ3) is 4.16. The number of carbonyl (C=O) groups is 1. The van der Waals surface area contributed by atoms with Crippen LogP contribution in [-0.4, -0.2) is 45.4 Å². The number of anilines is 2. The topological polar surface area (TPSA) is 105 Å². The predicted molar refractivity (Wildman–Crippen MR) is 156 cm³/mol. The van der Waals surface area contributed by atoms with E-state index in [4.69, 9.17) is 9.98 Å². The number of pyridine rings is 3. The number of nitrogens with zero attached hydrogens (tertiary/aromatic N) is 5. The Kier molecular flexibility index (Phi) is 5.33. The van der Waals surface area contributed by atoms with Crippen molar-refractivity contribution in [2.24, 2.45) is 21.8 Å². The summed E-state index contributed by atoms with van der Waals surface area (Å²) in [6, 6.07) is 12.6. The SMILES string of the molecule is O=C(Nc1cncc(-c2ccc3c(c2)C(C2=Nc4c(cncc4-c4cccnc4)NC2)=NC[C@H]2CC32)c1)C1CC1. The Morgan fingerprint density at radius 2 is 1.80 bits per heavy atom. The largest absolute Gasteiger partial charge is 0.376 e. The average molecular weight is 526 g/mol. The number of hydrogen-bond donors (Lipinski definition) is 2. The minimum Gasteiger partial charge on any atom is -0.376 e. The summed E-state index contributed by atoms with van der Waals surface area (Å²) in [5.41, 5.74) is 10.8. The third-order valence-corrected chi connectivity index (χ3v) is 8.26. The number of hydrogen-bond acceptors (Lipinski definition) is 7. The molecule has 40 heavy (non-hydrogen) atoms. The van der Waals surface area contributed by atoms with Crippen LogP contribution in [0.25, 0.3) is 22.3 Å². The highest BCUT2D eigenvalue weighted by atomic mass is 16.2. The zero-order valence-corrected chi connectivity index (χ0v) is 21.8. The smallest absolute Gasteiger partial charge is 0.227 e. The minimum atomic E-state index is 0.0824. The van der Waals surface area contributed by atoms with E-state index in [1.54, 1.807) is 12.4 Å². The van der Waals surface area contributed by atoms with E-state index in [2.05, 4.69) is 43.8 Å². The summed E-state index contributed by atoms with van der Waals surface area (Å²) in [7, 11) is 0. The Morgan fingerprint density at radius 3 is 2.67 bits per heavy atom. The summed E-state index contributed by atoms with van der Waals surface area (Å²) in [6.45, 7) is 1.39. The Bertz CT molecular complexity index is 1720. The maximum absolute atomic E-state index is 12.3. The van der Waals surface area contributed by atoms with Crippen molar-refractivity contribution in [1.29, 1.82) is 0 Å². The van der Waals surface area contributed by atoms with Crippen molar-refractivity contribution in [2.45, 2.75) is 25.2 Å². The van der Waals surface area contributed by atoms with Gasteiger partial charge in [0, 0.05) is 59.5 Å². The van der Waals surface area contributed by atoms with Crippen molar-refractivity contribution in [3.05, 3.63) is 84.7 Å². The second-order valence-electron chi connectivity index (χ2n) is 11.1. The number of nitrogens with one attached hydrogen (secondary N) is 2. The molecule has 3 aromatic heterocycles. The Balaban J connectivity index is 1.19. The number of benzene rings is 1. The van der Waals surface area contributed by atoms with Crippen molar-refractivity contribution in [2.75, 3.05) is 23.7 Å². The van der Waals surface area contributed by atoms with Crippen LogP contribution in [0.2, 0.25) is 0 Å². The van der Waals surface area contributed by atoms with E-state index in [1.165, 1.54) is 12.0 Å². The van der Waals surface area contributed by atoms with Crippen molar-refractivity contribution < 1.29 is 4.79 Å². The molecule has 8 rings (SSSR count). The summed E-state index contributed by atoms with van der Waals surface area (Å²) in [5, 5.41) is 6.56. The number of carbonyl (C=O) groups excluding carboxylic acids is 1. The first-order valence-corrected chi connectivity index (χ1v) is 13.9. The molecule has 2 saturated carbocycles. The van der Waals surface area contributed by atoms with Crippen LogP contribution < -0.4 is 10.6 Å². The molecule has 1 amide bonds. The van der Waals surface area contributed by atoms with Gasteiger partial charge < -0.3 is 10.6 Å². The first-order valence-electron chi connectivity index (χ1n) is 13.9. The monoisotopic (exact) mass is 525 g/mol. The van der Waals surface area contributed by atoms with Gasteiger partial charge in [0.2, 0.25) is 5.91 Å². The lowest BCUT2D eigenvalue weighted by Gasteiger charge is -2.22. The number of aliphatic imine (C=N–C) groups is 2. The predicted octanol–water partition coefficient (Wildman–Crippen LogP) is 5.66. The molecular weight excluding hydrogens is 498 g/mol. The van der Waals surface area contributed by atoms with Crippen LogP contribution in [0.3, 0.4) is 0 Å². The highest BCUT2D eigenvalue weighted by Gasteiger charge is 2.42. The Morgan fingerprint density at radius 1 is 0.900 bits per heavy atom. The molecule has 2 N–H and O–H groups in total. The van der Waals surface area contributed by atoms with Gasteiger partial charge in [-0.1, -0.05) is 18.2 Å². The van der Waals surface area contributed by atoms with Crippen LogP contribution in [0, 0.1) is 11.8 Å². The molecular formula is C32H27N7O. The van der Waals surface area contributed by atoms with Gasteiger partial charge in [-0.25, -0.2) is 4.99 Å². The molecule has 1 aromatic carbocycles. The molecule has 2 aliphatic carbocycles. The molecule has 0 radical (unpaired) electrons. The molecule has 2 fully saturated rings. The van der Waals surface area contributed by atoms with Gasteiger partial charge >= 0.3 is 0 Å². The number of amides is 1. The zero-order chi connectivity index (χ0) is 26.6. The van der Waals surface area contributed by atoms with Crippen molar-refractivity contribution in [1.82, 2.24) is 15.0 Å². The molecule has 0 saturated heterocycles. The molecule has 4 aromatic rings. The van der Waals surface area contributed by atoms with E-state index in [1.807, 2.05) is 43.0 Å². The van der Waals surface area contributed by atoms with E-state index in [-0.39, 0.29) is 11.8 Å². The van der Waals surface area contributed by atoms with E-state index in [0.717, 1.165) is 75.7 Å². The second-order valence-corrected chi connectivity index (χ2v) is 11.1. The van der Waals surface area contributed by atoms with E-state index < -0.39 is 0 Å². The van der Waals surface area contributed by atoms with E-state index in [0.29, 0.717) is 18.4 Å². The van der Waals surface area contributed by atoms with Crippen LogP contribution in [0.5, 0.6) is 0 Å². The van der Waals surface area contributed by atoms with Gasteiger partial charge in [0.05, 0.1) is 47.4 Å². The highest BCUT2D eigenvalue weighted by Crippen LogP contribution is 2.51. The van der Waals surface area contributed by atoms with Gasteiger partial charge in [-0.15, -0.1) is 0 Å². The van der Waals surface area contributed by atoms with Gasteiger partial charge in [0.25, 0.3) is 0 Å². The zero-order valence-electron chi connectivity index (χ0n) is 21.8. The highest BCUT2D eigenvalue weighted by molar-refractivity contribution is 6.50. The van der Waals surface area contributed by atoms with Gasteiger partial charge in [-0.2, -0.15) is 0 Å². The van der Waals surface area contributed by atoms with Crippen molar-refractivity contribution in [3.8, 4) is 22.3 Å². The lowest BCUT2D eigenvalue weighted by Crippen LogP contribution is -2.27. The van der Waals surface area contributed by atoms with E-state index in [9.17, 15) is 4.79 Å². The van der Waals surface area contributed by atoms with Crippen molar-refractivity contribution >= 4 is 34.4 Å². The minimum absolute atomic E-state index is 0.0824. The maximum atomic E-state index is 12.3. The van der Waals surface area contributed by atoms with Crippen molar-refractivity contribution in [3.63, 3.8) is 0 Å². The van der Waals surface area contributed by atoms with Crippen LogP contribution in [-0.2, 0) is 4.79 Å². The lowest BCUT2D eigenvalue weighted by molar-refractivity contribution is -0.117. The fourth-order valence-corrected chi connectivity index (χ4v) is 5.82. The van der Waals surface area contributed by atoms with Crippen LogP contribution in [0.1, 0.15) is 36.3 Å². The standard InChI is InChI=1S/C32H27N7O/c40-32(18-3-4-18)38-23-8-21(12-34-14-23)19-5-6-24-25-10-22(25)13-37-30(26(24)9-19)29-17-36-28-16-35-15-27(31(28)39-29)20-2-1-7-33-11-20/h1-2,5-9,11-12,14-16,18,22,25,36H,3-4,10,13,17H2,(H,38,40)/t22-,25?/m1/s1. The number of fused-ring (bicyclic) bond motifs is 4. The summed E-state index contributed by atoms with van der Waals surface area (Å²) < 4.78 is 0. The third-order valence-electron chi connectivity index (χ3n) is 8.26. The van der Waals surface area contributed by atoms with Crippen LogP contribution in [0.4, 0.5) is 17.1 Å². The molecule has 2 aliphatic heterocycles. The number of rotatable bonds is 5. The Labute approximate surface area is 231 Å². The normalized spacial score (nSPS) is 20.5. The molecule has 8 heteroatoms. The number of aromatic nitrogens is 3. The fourth-order valence-electron chi connectivity index (χ4n) is 5.82. The summed E-state index contributed by atoms with van der Waals surface area (Å²) >= 11 is 0. The molecule has 0 spiro atoms. The maximum Gasteiger partial charge on any atom is 0.227 e. The molecule has 196 valence electrons. The first kappa shape index (κ1) is 23.2. The summed E-state index contributed by atoms with van der Waals surface area (Å²) in [6.07, 6.45) is 14.0. The fraction of sp³-hybridized carbons (Fsp3) is 0.250. The van der Waals surface area contributed by atoms with Gasteiger partial charge in [0.15, 0.2) is 0 Å².